The van der Waals surface area contributed by atoms with E-state index in [0.29, 0.717) is 12.4 Å². The second-order valence-electron chi connectivity index (χ2n) is 7.48. The van der Waals surface area contributed by atoms with Gasteiger partial charge in [-0.2, -0.15) is 4.99 Å². The maximum atomic E-state index is 11.2. The van der Waals surface area contributed by atoms with Gasteiger partial charge in [0.2, 0.25) is 0 Å². The summed E-state index contributed by atoms with van der Waals surface area (Å²) >= 11 is 0. The van der Waals surface area contributed by atoms with Gasteiger partial charge in [-0.3, -0.25) is 4.79 Å². The van der Waals surface area contributed by atoms with Crippen LogP contribution in [0.25, 0.3) is 0 Å². The van der Waals surface area contributed by atoms with Crippen molar-refractivity contribution in [3.8, 4) is 0 Å². The number of hydrogen-bond acceptors (Lipinski definition) is 3. The van der Waals surface area contributed by atoms with Crippen molar-refractivity contribution in [1.29, 1.82) is 0 Å². The highest BCUT2D eigenvalue weighted by Gasteiger charge is 2.47. The fourth-order valence-corrected chi connectivity index (χ4v) is 5.64. The molecule has 5 aliphatic rings. The minimum absolute atomic E-state index is 0.0617. The fraction of sp³-hybridized carbons (Fsp3) is 0.875. The zero-order valence-corrected chi connectivity index (χ0v) is 12.1. The molecular weight excluding hydrogens is 250 g/mol. The Morgan fingerprint density at radius 2 is 1.75 bits per heavy atom. The largest absolute Gasteiger partial charge is 0.369 e. The van der Waals surface area contributed by atoms with Crippen molar-refractivity contribution < 1.29 is 4.79 Å². The van der Waals surface area contributed by atoms with Crippen molar-refractivity contribution in [1.82, 2.24) is 4.90 Å². The third-order valence-electron chi connectivity index (χ3n) is 6.31. The second-order valence-corrected chi connectivity index (χ2v) is 7.48. The Bertz CT molecular complexity index is 417. The van der Waals surface area contributed by atoms with E-state index in [4.69, 9.17) is 5.73 Å². The lowest BCUT2D eigenvalue weighted by atomic mass is 9.51. The molecular formula is C16H25N3O. The van der Waals surface area contributed by atoms with Crippen LogP contribution in [0.15, 0.2) is 4.99 Å². The first-order valence-corrected chi connectivity index (χ1v) is 8.31. The van der Waals surface area contributed by atoms with Crippen molar-refractivity contribution in [2.45, 2.75) is 44.9 Å². The molecule has 1 heterocycles. The minimum Gasteiger partial charge on any atom is -0.369 e. The Morgan fingerprint density at radius 3 is 2.35 bits per heavy atom. The Balaban J connectivity index is 1.38. The molecule has 0 spiro atoms. The normalized spacial score (nSPS) is 43.0. The number of carbonyl (C=O) groups is 1. The molecule has 4 fully saturated rings. The second kappa shape index (κ2) is 4.74. The molecule has 0 saturated heterocycles. The average molecular weight is 275 g/mol. The zero-order chi connectivity index (χ0) is 13.7. The number of carbonyl (C=O) groups excluding carboxylic acids is 1. The number of rotatable bonds is 3. The third-order valence-corrected chi connectivity index (χ3v) is 6.31. The standard InChI is InChI=1S/C16H25N3O/c17-16-18-15(20)2-4-19(16)3-1-14-12-6-10-5-11(8-12)9-13(14)7-10/h10-14H,1-9H2,(H2,17,18,20). The van der Waals surface area contributed by atoms with Gasteiger partial charge in [0.1, 0.15) is 0 Å². The van der Waals surface area contributed by atoms with Crippen molar-refractivity contribution in [2.75, 3.05) is 13.1 Å². The summed E-state index contributed by atoms with van der Waals surface area (Å²) < 4.78 is 0. The van der Waals surface area contributed by atoms with Gasteiger partial charge in [-0.05, 0) is 68.1 Å². The number of nitrogens with two attached hydrogens (primary N) is 1. The van der Waals surface area contributed by atoms with E-state index in [0.717, 1.165) is 42.7 Å². The highest BCUT2D eigenvalue weighted by Crippen LogP contribution is 2.57. The van der Waals surface area contributed by atoms with Crippen LogP contribution in [0.3, 0.4) is 0 Å². The first-order chi connectivity index (χ1) is 9.69. The zero-order valence-electron chi connectivity index (χ0n) is 12.1. The average Bonchev–Trinajstić information content (AvgIpc) is 2.39. The van der Waals surface area contributed by atoms with Crippen LogP contribution in [0.2, 0.25) is 0 Å². The molecule has 0 radical (unpaired) electrons. The molecule has 4 nitrogen and oxygen atoms in total. The third kappa shape index (κ3) is 2.13. The van der Waals surface area contributed by atoms with E-state index in [1.54, 1.807) is 0 Å². The molecule has 1 aliphatic heterocycles. The highest BCUT2D eigenvalue weighted by molar-refractivity contribution is 5.94. The minimum atomic E-state index is -0.0617. The van der Waals surface area contributed by atoms with Gasteiger partial charge in [-0.25, -0.2) is 0 Å². The van der Waals surface area contributed by atoms with E-state index in [-0.39, 0.29) is 5.91 Å². The van der Waals surface area contributed by atoms with Gasteiger partial charge in [0.05, 0.1) is 0 Å². The van der Waals surface area contributed by atoms with Crippen LogP contribution in [0.4, 0.5) is 0 Å². The van der Waals surface area contributed by atoms with Gasteiger partial charge in [0, 0.05) is 19.5 Å². The Hall–Kier alpha value is -1.06. The predicted octanol–water partition coefficient (Wildman–Crippen LogP) is 2.00. The van der Waals surface area contributed by atoms with Crippen LogP contribution in [0, 0.1) is 29.6 Å². The maximum Gasteiger partial charge on any atom is 0.250 e. The number of nitrogens with zero attached hydrogens (tertiary/aromatic N) is 2. The topological polar surface area (TPSA) is 58.7 Å². The highest BCUT2D eigenvalue weighted by atomic mass is 16.1. The SMILES string of the molecule is NC1=NC(=O)CCN1CCC1C2CC3CC(C2)CC1C3. The van der Waals surface area contributed by atoms with Crippen molar-refractivity contribution in [3.63, 3.8) is 0 Å². The summed E-state index contributed by atoms with van der Waals surface area (Å²) in [5.74, 6) is 5.36. The lowest BCUT2D eigenvalue weighted by Gasteiger charge is -2.55. The summed E-state index contributed by atoms with van der Waals surface area (Å²) in [6, 6.07) is 0. The van der Waals surface area contributed by atoms with Crippen LogP contribution < -0.4 is 5.73 Å². The summed E-state index contributed by atoms with van der Waals surface area (Å²) in [6.07, 6.45) is 9.24. The molecule has 20 heavy (non-hydrogen) atoms. The summed E-state index contributed by atoms with van der Waals surface area (Å²) in [4.78, 5) is 17.2. The molecule has 2 N–H and O–H groups in total. The summed E-state index contributed by atoms with van der Waals surface area (Å²) in [6.45, 7) is 1.76. The Morgan fingerprint density at radius 1 is 1.10 bits per heavy atom. The van der Waals surface area contributed by atoms with E-state index in [1.165, 1.54) is 38.5 Å². The molecule has 4 saturated carbocycles. The van der Waals surface area contributed by atoms with E-state index < -0.39 is 0 Å². The first kappa shape index (κ1) is 12.7. The van der Waals surface area contributed by atoms with Crippen LogP contribution in [0.5, 0.6) is 0 Å². The molecule has 4 bridgehead atoms. The molecule has 0 aromatic heterocycles. The van der Waals surface area contributed by atoms with Crippen LogP contribution in [-0.2, 0) is 4.79 Å². The van der Waals surface area contributed by atoms with Crippen molar-refractivity contribution in [2.24, 2.45) is 40.3 Å². The maximum absolute atomic E-state index is 11.2. The van der Waals surface area contributed by atoms with Gasteiger partial charge in [-0.15, -0.1) is 0 Å². The summed E-state index contributed by atoms with van der Waals surface area (Å²) in [5.41, 5.74) is 5.89. The van der Waals surface area contributed by atoms with Gasteiger partial charge in [0.15, 0.2) is 5.96 Å². The number of amides is 1. The molecule has 5 rings (SSSR count). The fourth-order valence-electron chi connectivity index (χ4n) is 5.64. The molecule has 0 unspecified atom stereocenters. The molecule has 4 heteroatoms. The summed E-state index contributed by atoms with van der Waals surface area (Å²) in [7, 11) is 0. The molecule has 0 atom stereocenters. The quantitative estimate of drug-likeness (QED) is 0.857. The van der Waals surface area contributed by atoms with Crippen LogP contribution in [0.1, 0.15) is 44.9 Å². The number of hydrogen-bond donors (Lipinski definition) is 1. The molecule has 4 aliphatic carbocycles. The van der Waals surface area contributed by atoms with Gasteiger partial charge in [-0.1, -0.05) is 0 Å². The Kier molecular flexibility index (Phi) is 3.00. The Labute approximate surface area is 120 Å². The van der Waals surface area contributed by atoms with Gasteiger partial charge in [0.25, 0.3) is 5.91 Å². The van der Waals surface area contributed by atoms with Gasteiger partial charge >= 0.3 is 0 Å². The first-order valence-electron chi connectivity index (χ1n) is 8.31. The number of aliphatic imine (C=N–C) groups is 1. The monoisotopic (exact) mass is 275 g/mol. The smallest absolute Gasteiger partial charge is 0.250 e. The van der Waals surface area contributed by atoms with E-state index in [1.807, 2.05) is 0 Å². The number of guanidine groups is 1. The van der Waals surface area contributed by atoms with E-state index in [9.17, 15) is 4.79 Å². The molecule has 0 aromatic carbocycles. The van der Waals surface area contributed by atoms with Crippen molar-refractivity contribution in [3.05, 3.63) is 0 Å². The lowest BCUT2D eigenvalue weighted by molar-refractivity contribution is -0.118. The molecule has 1 amide bonds. The van der Waals surface area contributed by atoms with Crippen molar-refractivity contribution >= 4 is 11.9 Å². The van der Waals surface area contributed by atoms with E-state index in [2.05, 4.69) is 9.89 Å². The van der Waals surface area contributed by atoms with E-state index >= 15 is 0 Å². The van der Waals surface area contributed by atoms with Crippen LogP contribution >= 0.6 is 0 Å². The lowest BCUT2D eigenvalue weighted by Crippen LogP contribution is -2.48. The predicted molar refractivity (Wildman–Crippen MR) is 78.0 cm³/mol. The van der Waals surface area contributed by atoms with Gasteiger partial charge < -0.3 is 10.6 Å². The molecule has 110 valence electrons. The molecule has 0 aromatic rings. The van der Waals surface area contributed by atoms with Crippen LogP contribution in [-0.4, -0.2) is 29.9 Å². The summed E-state index contributed by atoms with van der Waals surface area (Å²) in [5, 5.41) is 0.